The van der Waals surface area contributed by atoms with E-state index in [0.29, 0.717) is 27.2 Å². The molecule has 1 unspecified atom stereocenters. The van der Waals surface area contributed by atoms with E-state index in [0.717, 1.165) is 10.6 Å². The predicted octanol–water partition coefficient (Wildman–Crippen LogP) is 5.26. The highest BCUT2D eigenvalue weighted by molar-refractivity contribution is 7.92. The summed E-state index contributed by atoms with van der Waals surface area (Å²) in [4.78, 5) is 27.6. The minimum absolute atomic E-state index is 0.00204. The Balaban J connectivity index is 2.42. The van der Waals surface area contributed by atoms with Crippen molar-refractivity contribution in [1.29, 1.82) is 0 Å². The Kier molecular flexibility index (Phi) is 10.5. The van der Waals surface area contributed by atoms with Crippen LogP contribution in [0.5, 0.6) is 0 Å². The zero-order chi connectivity index (χ0) is 26.5. The van der Waals surface area contributed by atoms with E-state index >= 15 is 0 Å². The molecule has 0 heterocycles. The Morgan fingerprint density at radius 1 is 0.943 bits per heavy atom. The number of carbonyl (C=O) groups excluding carboxylic acids is 2. The maximum atomic E-state index is 13.5. The van der Waals surface area contributed by atoms with Crippen LogP contribution in [0.2, 0.25) is 20.1 Å². The zero-order valence-corrected chi connectivity index (χ0v) is 23.5. The lowest BCUT2D eigenvalue weighted by molar-refractivity contribution is -0.139. The van der Waals surface area contributed by atoms with Gasteiger partial charge in [0.25, 0.3) is 0 Å². The van der Waals surface area contributed by atoms with Gasteiger partial charge in [-0.2, -0.15) is 0 Å². The largest absolute Gasteiger partial charge is 0.354 e. The molecule has 0 aliphatic heterocycles. The molecule has 0 aromatic heterocycles. The van der Waals surface area contributed by atoms with Crippen molar-refractivity contribution in [2.24, 2.45) is 5.92 Å². The van der Waals surface area contributed by atoms with Crippen LogP contribution < -0.4 is 9.62 Å². The molecular weight excluding hydrogens is 556 g/mol. The summed E-state index contributed by atoms with van der Waals surface area (Å²) in [5.74, 6) is -0.777. The standard InChI is InChI=1S/C23H27Cl4N3O4S/c1-14(2)11-28-23(32)15(3)29(12-16-5-7-18(25)19(26)9-16)22(31)13-30(35(4,33)34)21-8-6-17(24)10-20(21)27/h5-10,14-15H,11-13H2,1-4H3,(H,28,32). The Hall–Kier alpha value is -1.71. The van der Waals surface area contributed by atoms with Gasteiger partial charge in [0.1, 0.15) is 12.6 Å². The lowest BCUT2D eigenvalue weighted by Crippen LogP contribution is -2.51. The molecule has 192 valence electrons. The van der Waals surface area contributed by atoms with Gasteiger partial charge in [-0.05, 0) is 48.7 Å². The summed E-state index contributed by atoms with van der Waals surface area (Å²) >= 11 is 24.3. The fourth-order valence-electron chi connectivity index (χ4n) is 3.15. The Bertz CT molecular complexity index is 1190. The van der Waals surface area contributed by atoms with E-state index in [-0.39, 0.29) is 29.1 Å². The summed E-state index contributed by atoms with van der Waals surface area (Å²) in [6, 6.07) is 8.23. The fourth-order valence-corrected chi connectivity index (χ4v) is 4.89. The number of sulfonamides is 1. The molecule has 35 heavy (non-hydrogen) atoms. The molecular formula is C23H27Cl4N3O4S. The zero-order valence-electron chi connectivity index (χ0n) is 19.7. The molecule has 0 fully saturated rings. The lowest BCUT2D eigenvalue weighted by atomic mass is 10.1. The lowest BCUT2D eigenvalue weighted by Gasteiger charge is -2.32. The number of hydrogen-bond donors (Lipinski definition) is 1. The van der Waals surface area contributed by atoms with E-state index in [1.54, 1.807) is 25.1 Å². The Morgan fingerprint density at radius 3 is 2.14 bits per heavy atom. The Morgan fingerprint density at radius 2 is 1.60 bits per heavy atom. The van der Waals surface area contributed by atoms with Crippen LogP contribution in [0.3, 0.4) is 0 Å². The van der Waals surface area contributed by atoms with E-state index in [1.807, 2.05) is 13.8 Å². The van der Waals surface area contributed by atoms with Gasteiger partial charge in [-0.1, -0.05) is 66.3 Å². The summed E-state index contributed by atoms with van der Waals surface area (Å²) in [5, 5.41) is 3.82. The number of amides is 2. The van der Waals surface area contributed by atoms with Gasteiger partial charge in [0, 0.05) is 18.1 Å². The number of halogens is 4. The van der Waals surface area contributed by atoms with Crippen LogP contribution >= 0.6 is 46.4 Å². The maximum absolute atomic E-state index is 13.5. The van der Waals surface area contributed by atoms with Gasteiger partial charge >= 0.3 is 0 Å². The third-order valence-corrected chi connectivity index (χ3v) is 7.45. The minimum atomic E-state index is -3.92. The highest BCUT2D eigenvalue weighted by Gasteiger charge is 2.31. The topological polar surface area (TPSA) is 86.8 Å². The molecule has 2 amide bonds. The highest BCUT2D eigenvalue weighted by Crippen LogP contribution is 2.31. The molecule has 1 N–H and O–H groups in total. The smallest absolute Gasteiger partial charge is 0.244 e. The molecule has 2 aromatic rings. The number of benzene rings is 2. The van der Waals surface area contributed by atoms with Crippen molar-refractivity contribution >= 4 is 73.9 Å². The number of nitrogens with one attached hydrogen (secondary N) is 1. The first-order chi connectivity index (χ1) is 16.2. The quantitative estimate of drug-likeness (QED) is 0.414. The minimum Gasteiger partial charge on any atom is -0.354 e. The van der Waals surface area contributed by atoms with Crippen LogP contribution in [0, 0.1) is 5.92 Å². The SMILES string of the molecule is CC(C)CNC(=O)C(C)N(Cc1ccc(Cl)c(Cl)c1)C(=O)CN(c1ccc(Cl)cc1Cl)S(C)(=O)=O. The molecule has 0 radical (unpaired) electrons. The second kappa shape index (κ2) is 12.5. The summed E-state index contributed by atoms with van der Waals surface area (Å²) in [6.45, 7) is 5.31. The monoisotopic (exact) mass is 581 g/mol. The second-order valence-corrected chi connectivity index (χ2v) is 12.0. The van der Waals surface area contributed by atoms with Crippen LogP contribution in [-0.2, 0) is 26.2 Å². The average Bonchev–Trinajstić information content (AvgIpc) is 2.75. The van der Waals surface area contributed by atoms with Gasteiger partial charge in [0.05, 0.1) is 27.0 Å². The second-order valence-electron chi connectivity index (χ2n) is 8.45. The van der Waals surface area contributed by atoms with Gasteiger partial charge in [-0.15, -0.1) is 0 Å². The van der Waals surface area contributed by atoms with Gasteiger partial charge in [0.15, 0.2) is 0 Å². The highest BCUT2D eigenvalue weighted by atomic mass is 35.5. The number of rotatable bonds is 10. The first-order valence-corrected chi connectivity index (χ1v) is 14.0. The number of hydrogen-bond acceptors (Lipinski definition) is 4. The van der Waals surface area contributed by atoms with Gasteiger partial charge < -0.3 is 10.2 Å². The predicted molar refractivity (Wildman–Crippen MR) is 143 cm³/mol. The van der Waals surface area contributed by atoms with Gasteiger partial charge in [-0.3, -0.25) is 13.9 Å². The van der Waals surface area contributed by atoms with E-state index in [9.17, 15) is 18.0 Å². The van der Waals surface area contributed by atoms with Gasteiger partial charge in [0.2, 0.25) is 21.8 Å². The first-order valence-electron chi connectivity index (χ1n) is 10.6. The Labute approximate surface area is 226 Å². The summed E-state index contributed by atoms with van der Waals surface area (Å²) in [7, 11) is -3.92. The van der Waals surface area contributed by atoms with Crippen LogP contribution in [0.25, 0.3) is 0 Å². The summed E-state index contributed by atoms with van der Waals surface area (Å²) in [6.07, 6.45) is 0.966. The van der Waals surface area contributed by atoms with Crippen molar-refractivity contribution < 1.29 is 18.0 Å². The van der Waals surface area contributed by atoms with E-state index < -0.39 is 28.5 Å². The maximum Gasteiger partial charge on any atom is 0.244 e. The van der Waals surface area contributed by atoms with Crippen LogP contribution in [0.1, 0.15) is 26.3 Å². The molecule has 0 bridgehead atoms. The fraction of sp³-hybridized carbons (Fsp3) is 0.391. The average molecular weight is 583 g/mol. The molecule has 2 rings (SSSR count). The van der Waals surface area contributed by atoms with E-state index in [2.05, 4.69) is 5.32 Å². The van der Waals surface area contributed by atoms with Crippen molar-refractivity contribution in [3.05, 3.63) is 62.1 Å². The molecule has 0 aliphatic carbocycles. The van der Waals surface area contributed by atoms with Crippen molar-refractivity contribution in [3.8, 4) is 0 Å². The molecule has 0 saturated carbocycles. The summed E-state index contributed by atoms with van der Waals surface area (Å²) < 4.78 is 26.1. The molecule has 2 aromatic carbocycles. The van der Waals surface area contributed by atoms with Crippen molar-refractivity contribution in [1.82, 2.24) is 10.2 Å². The molecule has 0 saturated heterocycles. The number of anilines is 1. The van der Waals surface area contributed by atoms with Gasteiger partial charge in [-0.25, -0.2) is 8.42 Å². The third kappa shape index (κ3) is 8.43. The van der Waals surface area contributed by atoms with Crippen LogP contribution in [0.15, 0.2) is 36.4 Å². The van der Waals surface area contributed by atoms with E-state index in [1.165, 1.54) is 23.1 Å². The van der Waals surface area contributed by atoms with Crippen molar-refractivity contribution in [3.63, 3.8) is 0 Å². The van der Waals surface area contributed by atoms with Crippen LogP contribution in [-0.4, -0.2) is 50.5 Å². The molecule has 12 heteroatoms. The molecule has 0 spiro atoms. The van der Waals surface area contributed by atoms with Crippen LogP contribution in [0.4, 0.5) is 5.69 Å². The number of carbonyl (C=O) groups is 2. The molecule has 7 nitrogen and oxygen atoms in total. The summed E-state index contributed by atoms with van der Waals surface area (Å²) in [5.41, 5.74) is 0.713. The number of nitrogens with zero attached hydrogens (tertiary/aromatic N) is 2. The molecule has 0 aliphatic rings. The molecule has 1 atom stereocenters. The van der Waals surface area contributed by atoms with Crippen molar-refractivity contribution in [2.45, 2.75) is 33.4 Å². The van der Waals surface area contributed by atoms with E-state index in [4.69, 9.17) is 46.4 Å². The van der Waals surface area contributed by atoms with Crippen molar-refractivity contribution in [2.75, 3.05) is 23.7 Å². The normalized spacial score (nSPS) is 12.4. The first kappa shape index (κ1) is 29.5. The third-order valence-electron chi connectivity index (χ3n) is 5.05.